The summed E-state index contributed by atoms with van der Waals surface area (Å²) < 4.78 is 0. The SMILES string of the molecule is Cc1cc2c3c(c1)N(c1ccc4c(c1)C(C)(C)CCCC4(C)C)c1cc4c(cc1B3c1cc(C(C)(C)C)ccc1N2c1ccc(C(C)(C)C)cc1)C(C)(C)CCCC4(C)C. The standard InChI is InChI=1S/C57H71BN2/c1-36-30-49-51-50(31-36)60(40-23-24-41-42(33-40)55(10,11)27-16-26-54(41,8)9)48-35-44-43(56(12,13)28-17-29-57(44,14)15)34-46(48)58(51)45-32-38(53(5,6)7)20-25-47(45)59(49)39-21-18-37(19-22-39)52(2,3)4/h18-25,30-35H,16-17,26-29H2,1-15H3. The first kappa shape index (κ1) is 41.1. The zero-order valence-corrected chi connectivity index (χ0v) is 39.8. The molecule has 4 aliphatic rings. The van der Waals surface area contributed by atoms with Crippen molar-refractivity contribution in [1.82, 2.24) is 0 Å². The Balaban J connectivity index is 1.40. The summed E-state index contributed by atoms with van der Waals surface area (Å²) in [7, 11) is 0. The first-order chi connectivity index (χ1) is 27.9. The lowest BCUT2D eigenvalue weighted by molar-refractivity contribution is 0.433. The van der Waals surface area contributed by atoms with Gasteiger partial charge in [-0.15, -0.1) is 0 Å². The van der Waals surface area contributed by atoms with Gasteiger partial charge in [0, 0.05) is 34.1 Å². The van der Waals surface area contributed by atoms with Gasteiger partial charge in [-0.25, -0.2) is 0 Å². The summed E-state index contributed by atoms with van der Waals surface area (Å²) in [6.45, 7) is 36.4. The number of nitrogens with zero attached hydrogens (tertiary/aromatic N) is 2. The van der Waals surface area contributed by atoms with Crippen LogP contribution in [-0.4, -0.2) is 6.71 Å². The van der Waals surface area contributed by atoms with Gasteiger partial charge in [0.1, 0.15) is 0 Å². The minimum Gasteiger partial charge on any atom is -0.311 e. The second-order valence-corrected chi connectivity index (χ2v) is 24.1. The predicted octanol–water partition coefficient (Wildman–Crippen LogP) is 14.2. The molecule has 60 heavy (non-hydrogen) atoms. The van der Waals surface area contributed by atoms with E-state index in [2.05, 4.69) is 199 Å². The average molecular weight is 795 g/mol. The third-order valence-corrected chi connectivity index (χ3v) is 15.6. The van der Waals surface area contributed by atoms with Gasteiger partial charge in [-0.05, 0) is 169 Å². The van der Waals surface area contributed by atoms with E-state index in [1.807, 2.05) is 0 Å². The smallest absolute Gasteiger partial charge is 0.252 e. The van der Waals surface area contributed by atoms with Crippen molar-refractivity contribution in [3.63, 3.8) is 0 Å². The van der Waals surface area contributed by atoms with Gasteiger partial charge in [0.2, 0.25) is 0 Å². The zero-order chi connectivity index (χ0) is 43.1. The Hall–Kier alpha value is -4.24. The number of anilines is 6. The highest BCUT2D eigenvalue weighted by Gasteiger charge is 2.47. The fourth-order valence-electron chi connectivity index (χ4n) is 11.7. The van der Waals surface area contributed by atoms with Gasteiger partial charge in [-0.1, -0.05) is 146 Å². The van der Waals surface area contributed by atoms with E-state index in [0.29, 0.717) is 0 Å². The molecule has 5 aromatic rings. The molecular weight excluding hydrogens is 723 g/mol. The van der Waals surface area contributed by atoms with E-state index in [9.17, 15) is 0 Å². The Bertz CT molecular complexity index is 2530. The molecule has 0 fully saturated rings. The number of benzene rings is 5. The molecule has 0 spiro atoms. The lowest BCUT2D eigenvalue weighted by Gasteiger charge is -2.46. The van der Waals surface area contributed by atoms with Gasteiger partial charge >= 0.3 is 0 Å². The Labute approximate surface area is 364 Å². The summed E-state index contributed by atoms with van der Waals surface area (Å²) in [5.41, 5.74) is 22.7. The number of hydrogen-bond acceptors (Lipinski definition) is 2. The van der Waals surface area contributed by atoms with Crippen LogP contribution in [0.4, 0.5) is 34.1 Å². The summed E-state index contributed by atoms with van der Waals surface area (Å²) in [6.07, 6.45) is 7.33. The van der Waals surface area contributed by atoms with E-state index in [1.165, 1.54) is 122 Å². The maximum absolute atomic E-state index is 2.71. The summed E-state index contributed by atoms with van der Waals surface area (Å²) >= 11 is 0. The number of fused-ring (bicyclic) bond motifs is 6. The highest BCUT2D eigenvalue weighted by atomic mass is 15.2. The van der Waals surface area contributed by atoms with Crippen molar-refractivity contribution in [1.29, 1.82) is 0 Å². The topological polar surface area (TPSA) is 6.48 Å². The van der Waals surface area contributed by atoms with Crippen LogP contribution in [0.1, 0.15) is 174 Å². The van der Waals surface area contributed by atoms with Gasteiger partial charge in [-0.2, -0.15) is 0 Å². The number of aryl methyl sites for hydroxylation is 1. The van der Waals surface area contributed by atoms with Gasteiger partial charge in [0.05, 0.1) is 0 Å². The first-order valence-electron chi connectivity index (χ1n) is 23.2. The van der Waals surface area contributed by atoms with Crippen LogP contribution in [0, 0.1) is 6.92 Å². The van der Waals surface area contributed by atoms with E-state index < -0.39 is 0 Å². The lowest BCUT2D eigenvalue weighted by Crippen LogP contribution is -2.62. The monoisotopic (exact) mass is 795 g/mol. The molecule has 0 bridgehead atoms. The third kappa shape index (κ3) is 6.50. The molecule has 0 atom stereocenters. The normalized spacial score (nSPS) is 19.6. The van der Waals surface area contributed by atoms with Gasteiger partial charge in [0.15, 0.2) is 0 Å². The van der Waals surface area contributed by atoms with Gasteiger partial charge in [0.25, 0.3) is 6.71 Å². The van der Waals surface area contributed by atoms with Gasteiger partial charge < -0.3 is 9.80 Å². The molecule has 2 heterocycles. The van der Waals surface area contributed by atoms with Crippen molar-refractivity contribution in [2.24, 2.45) is 0 Å². The fraction of sp³-hybridized carbons (Fsp3) is 0.474. The molecular formula is C57H71BN2. The summed E-state index contributed by atoms with van der Waals surface area (Å²) in [4.78, 5) is 5.30. The minimum absolute atomic E-state index is 0.0103. The van der Waals surface area contributed by atoms with Crippen molar-refractivity contribution in [2.45, 2.75) is 175 Å². The molecule has 5 aromatic carbocycles. The third-order valence-electron chi connectivity index (χ3n) is 15.6. The van der Waals surface area contributed by atoms with E-state index in [-0.39, 0.29) is 39.2 Å². The van der Waals surface area contributed by atoms with Crippen LogP contribution in [0.5, 0.6) is 0 Å². The number of rotatable bonds is 2. The second-order valence-electron chi connectivity index (χ2n) is 24.1. The summed E-state index contributed by atoms with van der Waals surface area (Å²) in [5.74, 6) is 0. The maximum atomic E-state index is 2.71. The van der Waals surface area contributed by atoms with Crippen molar-refractivity contribution in [2.75, 3.05) is 9.80 Å². The molecule has 0 saturated heterocycles. The Morgan fingerprint density at radius 1 is 0.433 bits per heavy atom. The highest BCUT2D eigenvalue weighted by Crippen LogP contribution is 2.51. The lowest BCUT2D eigenvalue weighted by atomic mass is 9.33. The molecule has 2 nitrogen and oxygen atoms in total. The minimum atomic E-state index is 0.0103. The molecule has 0 saturated carbocycles. The molecule has 0 aromatic heterocycles. The molecule has 2 aliphatic heterocycles. The van der Waals surface area contributed by atoms with Crippen molar-refractivity contribution >= 4 is 57.2 Å². The Morgan fingerprint density at radius 3 is 1.43 bits per heavy atom. The van der Waals surface area contributed by atoms with Crippen LogP contribution < -0.4 is 26.2 Å². The molecule has 3 heteroatoms. The van der Waals surface area contributed by atoms with E-state index >= 15 is 0 Å². The van der Waals surface area contributed by atoms with Gasteiger partial charge in [-0.3, -0.25) is 0 Å². The molecule has 9 rings (SSSR count). The summed E-state index contributed by atoms with van der Waals surface area (Å²) in [6, 6.07) is 34.8. The fourth-order valence-corrected chi connectivity index (χ4v) is 11.7. The average Bonchev–Trinajstić information content (AvgIpc) is 3.30. The van der Waals surface area contributed by atoms with Crippen molar-refractivity contribution < 1.29 is 0 Å². The largest absolute Gasteiger partial charge is 0.311 e. The van der Waals surface area contributed by atoms with Crippen LogP contribution in [0.3, 0.4) is 0 Å². The molecule has 0 amide bonds. The molecule has 0 N–H and O–H groups in total. The van der Waals surface area contributed by atoms with Crippen molar-refractivity contribution in [3.05, 3.63) is 124 Å². The number of hydrogen-bond donors (Lipinski definition) is 0. The molecule has 0 unspecified atom stereocenters. The second kappa shape index (κ2) is 13.4. The highest BCUT2D eigenvalue weighted by molar-refractivity contribution is 7.00. The molecule has 312 valence electrons. The van der Waals surface area contributed by atoms with Crippen LogP contribution in [0.25, 0.3) is 0 Å². The predicted molar refractivity (Wildman–Crippen MR) is 262 cm³/mol. The Morgan fingerprint density at radius 2 is 0.883 bits per heavy atom. The quantitative estimate of drug-likeness (QED) is 0.127. The van der Waals surface area contributed by atoms with E-state index in [1.54, 1.807) is 5.56 Å². The summed E-state index contributed by atoms with van der Waals surface area (Å²) in [5, 5.41) is 0. The van der Waals surface area contributed by atoms with E-state index in [0.717, 1.165) is 0 Å². The van der Waals surface area contributed by atoms with Crippen LogP contribution in [0.2, 0.25) is 0 Å². The van der Waals surface area contributed by atoms with Crippen molar-refractivity contribution in [3.8, 4) is 0 Å². The van der Waals surface area contributed by atoms with Crippen LogP contribution >= 0.6 is 0 Å². The molecule has 2 aliphatic carbocycles. The first-order valence-corrected chi connectivity index (χ1v) is 23.2. The molecule has 0 radical (unpaired) electrons. The van der Waals surface area contributed by atoms with Crippen LogP contribution in [-0.2, 0) is 32.5 Å². The van der Waals surface area contributed by atoms with E-state index in [4.69, 9.17) is 0 Å². The maximum Gasteiger partial charge on any atom is 0.252 e. The van der Waals surface area contributed by atoms with Crippen LogP contribution in [0.15, 0.2) is 84.9 Å². The zero-order valence-electron chi connectivity index (χ0n) is 39.8. The Kier molecular flexibility index (Phi) is 9.17.